The average molecular weight is 424 g/mol. The van der Waals surface area contributed by atoms with E-state index in [2.05, 4.69) is 73.1 Å². The number of ether oxygens (including phenoxy) is 1. The van der Waals surface area contributed by atoms with Crippen LogP contribution in [0.15, 0.2) is 30.7 Å². The van der Waals surface area contributed by atoms with Crippen LogP contribution in [0.25, 0.3) is 21.7 Å². The van der Waals surface area contributed by atoms with E-state index in [0.29, 0.717) is 12.6 Å². The van der Waals surface area contributed by atoms with E-state index in [0.717, 1.165) is 40.0 Å². The van der Waals surface area contributed by atoms with Crippen LogP contribution < -0.4 is 15.0 Å². The minimum Gasteiger partial charge on any atom is -0.472 e. The molecule has 1 fully saturated rings. The first-order chi connectivity index (χ1) is 14.2. The summed E-state index contributed by atoms with van der Waals surface area (Å²) in [7, 11) is 2.17. The second-order valence-corrected chi connectivity index (χ2v) is 10.8. The standard InChI is InChI=1S/C23H29N5OS/c1-22(2)9-16(10-23(3,4)27-22)28(5)21-26-20-19(30-21)17-7-6-14(8-15(17)12-29-20)18-11-24-13-25-18/h6-8,11,13,16,27H,9-10,12H2,1-5H3,(H,24,25). The van der Waals surface area contributed by atoms with Crippen LogP contribution >= 0.6 is 11.3 Å². The number of fused-ring (bicyclic) bond motifs is 3. The number of anilines is 1. The summed E-state index contributed by atoms with van der Waals surface area (Å²) in [4.78, 5) is 15.7. The Morgan fingerprint density at radius 1 is 1.17 bits per heavy atom. The number of piperidine rings is 1. The quantitative estimate of drug-likeness (QED) is 0.631. The van der Waals surface area contributed by atoms with Gasteiger partial charge in [0.05, 0.1) is 12.0 Å². The first-order valence-electron chi connectivity index (χ1n) is 10.5. The van der Waals surface area contributed by atoms with E-state index < -0.39 is 0 Å². The molecule has 3 aromatic rings. The average Bonchev–Trinajstić information content (AvgIpc) is 3.34. The maximum absolute atomic E-state index is 6.05. The minimum absolute atomic E-state index is 0.101. The molecule has 30 heavy (non-hydrogen) atoms. The second kappa shape index (κ2) is 6.82. The highest BCUT2D eigenvalue weighted by Gasteiger charge is 2.40. The second-order valence-electron chi connectivity index (χ2n) is 9.81. The molecule has 1 saturated heterocycles. The fourth-order valence-corrected chi connectivity index (χ4v) is 6.18. The number of benzene rings is 1. The Bertz CT molecular complexity index is 1050. The van der Waals surface area contributed by atoms with E-state index in [9.17, 15) is 0 Å². The Labute approximate surface area is 181 Å². The highest BCUT2D eigenvalue weighted by atomic mass is 32.1. The normalized spacial score (nSPS) is 19.6. The number of nitrogens with zero attached hydrogens (tertiary/aromatic N) is 3. The van der Waals surface area contributed by atoms with Crippen molar-refractivity contribution in [1.29, 1.82) is 0 Å². The Balaban J connectivity index is 1.45. The van der Waals surface area contributed by atoms with E-state index in [1.54, 1.807) is 17.7 Å². The number of aromatic nitrogens is 3. The first kappa shape index (κ1) is 19.6. The van der Waals surface area contributed by atoms with Gasteiger partial charge in [-0.05, 0) is 52.2 Å². The SMILES string of the molecule is CN(c1nc2c(s1)-c1ccc(-c3c[nH]cn3)cc1CO2)C1CC(C)(C)NC(C)(C)C1. The summed E-state index contributed by atoms with van der Waals surface area (Å²) in [6.07, 6.45) is 5.79. The predicted molar refractivity (Wildman–Crippen MR) is 122 cm³/mol. The molecule has 1 aromatic carbocycles. The highest BCUT2D eigenvalue weighted by Crippen LogP contribution is 2.46. The molecule has 6 nitrogen and oxygen atoms in total. The lowest BCUT2D eigenvalue weighted by Gasteiger charge is -2.48. The molecule has 7 heteroatoms. The van der Waals surface area contributed by atoms with E-state index >= 15 is 0 Å². The number of hydrogen-bond acceptors (Lipinski definition) is 6. The number of hydrogen-bond donors (Lipinski definition) is 2. The van der Waals surface area contributed by atoms with Crippen molar-refractivity contribution in [3.05, 3.63) is 36.3 Å². The van der Waals surface area contributed by atoms with Crippen molar-refractivity contribution in [2.75, 3.05) is 11.9 Å². The van der Waals surface area contributed by atoms with E-state index in [-0.39, 0.29) is 11.1 Å². The fourth-order valence-electron chi connectivity index (χ4n) is 5.07. The molecule has 0 bridgehead atoms. The third-order valence-electron chi connectivity index (χ3n) is 6.11. The van der Waals surface area contributed by atoms with Crippen LogP contribution in [0.1, 0.15) is 46.1 Å². The van der Waals surface area contributed by atoms with Crippen LogP contribution in [0, 0.1) is 0 Å². The third kappa shape index (κ3) is 3.50. The van der Waals surface area contributed by atoms with Gasteiger partial charge in [-0.3, -0.25) is 0 Å². The smallest absolute Gasteiger partial charge is 0.234 e. The van der Waals surface area contributed by atoms with Crippen molar-refractivity contribution in [1.82, 2.24) is 20.3 Å². The zero-order valence-electron chi connectivity index (χ0n) is 18.2. The van der Waals surface area contributed by atoms with Crippen molar-refractivity contribution in [2.24, 2.45) is 0 Å². The molecule has 158 valence electrons. The van der Waals surface area contributed by atoms with E-state index in [4.69, 9.17) is 9.72 Å². The predicted octanol–water partition coefficient (Wildman–Crippen LogP) is 4.84. The lowest BCUT2D eigenvalue weighted by atomic mass is 9.79. The molecule has 0 atom stereocenters. The highest BCUT2D eigenvalue weighted by molar-refractivity contribution is 7.19. The molecule has 0 spiro atoms. The van der Waals surface area contributed by atoms with Crippen LogP contribution in [0.4, 0.5) is 5.13 Å². The topological polar surface area (TPSA) is 66.1 Å². The van der Waals surface area contributed by atoms with Gasteiger partial charge in [-0.15, -0.1) is 0 Å². The van der Waals surface area contributed by atoms with Crippen molar-refractivity contribution in [2.45, 2.75) is 64.3 Å². The number of H-pyrrole nitrogens is 1. The molecule has 2 aliphatic heterocycles. The van der Waals surface area contributed by atoms with Gasteiger partial charge in [-0.2, -0.15) is 4.98 Å². The summed E-state index contributed by atoms with van der Waals surface area (Å²) in [5.74, 6) is 0.759. The molecule has 0 aliphatic carbocycles. The molecule has 0 unspecified atom stereocenters. The fraction of sp³-hybridized carbons (Fsp3) is 0.478. The molecule has 4 heterocycles. The van der Waals surface area contributed by atoms with Gasteiger partial charge in [-0.25, -0.2) is 4.98 Å². The van der Waals surface area contributed by atoms with Gasteiger partial charge in [0, 0.05) is 41.5 Å². The molecule has 0 amide bonds. The summed E-state index contributed by atoms with van der Waals surface area (Å²) in [5, 5.41) is 4.80. The number of nitrogens with one attached hydrogen (secondary N) is 2. The molecular formula is C23H29N5OS. The van der Waals surface area contributed by atoms with Crippen molar-refractivity contribution in [3.8, 4) is 27.6 Å². The third-order valence-corrected chi connectivity index (χ3v) is 7.27. The van der Waals surface area contributed by atoms with Crippen LogP contribution in [-0.2, 0) is 6.61 Å². The van der Waals surface area contributed by atoms with E-state index in [1.807, 2.05) is 6.20 Å². The lowest BCUT2D eigenvalue weighted by Crippen LogP contribution is -2.61. The molecular weight excluding hydrogens is 394 g/mol. The molecule has 0 radical (unpaired) electrons. The van der Waals surface area contributed by atoms with Crippen molar-refractivity contribution in [3.63, 3.8) is 0 Å². The van der Waals surface area contributed by atoms with Gasteiger partial charge in [0.2, 0.25) is 5.88 Å². The first-order valence-corrected chi connectivity index (χ1v) is 11.3. The lowest BCUT2D eigenvalue weighted by molar-refractivity contribution is 0.161. The summed E-state index contributed by atoms with van der Waals surface area (Å²) in [6.45, 7) is 9.70. The maximum Gasteiger partial charge on any atom is 0.234 e. The van der Waals surface area contributed by atoms with Gasteiger partial charge in [-0.1, -0.05) is 23.5 Å². The summed E-state index contributed by atoms with van der Waals surface area (Å²) < 4.78 is 6.05. The number of imidazole rings is 1. The molecule has 0 saturated carbocycles. The van der Waals surface area contributed by atoms with Gasteiger partial charge >= 0.3 is 0 Å². The van der Waals surface area contributed by atoms with Gasteiger partial charge < -0.3 is 19.9 Å². The molecule has 2 aliphatic rings. The number of rotatable bonds is 3. The Kier molecular flexibility index (Phi) is 4.45. The van der Waals surface area contributed by atoms with Crippen molar-refractivity contribution >= 4 is 16.5 Å². The summed E-state index contributed by atoms with van der Waals surface area (Å²) in [5.41, 5.74) is 4.66. The molecule has 2 N–H and O–H groups in total. The number of aromatic amines is 1. The van der Waals surface area contributed by atoms with Gasteiger partial charge in [0.15, 0.2) is 5.13 Å². The van der Waals surface area contributed by atoms with Crippen LogP contribution in [0.5, 0.6) is 5.88 Å². The zero-order valence-corrected chi connectivity index (χ0v) is 19.1. The Hall–Kier alpha value is -2.38. The molecule has 5 rings (SSSR count). The Morgan fingerprint density at radius 2 is 1.93 bits per heavy atom. The monoisotopic (exact) mass is 423 g/mol. The Morgan fingerprint density at radius 3 is 2.63 bits per heavy atom. The summed E-state index contributed by atoms with van der Waals surface area (Å²) in [6, 6.07) is 6.92. The van der Waals surface area contributed by atoms with Crippen LogP contribution in [-0.4, -0.2) is 39.1 Å². The number of thiazole rings is 1. The van der Waals surface area contributed by atoms with E-state index in [1.165, 1.54) is 11.1 Å². The molecule has 2 aromatic heterocycles. The van der Waals surface area contributed by atoms with Crippen LogP contribution in [0.3, 0.4) is 0 Å². The zero-order chi connectivity index (χ0) is 21.1. The summed E-state index contributed by atoms with van der Waals surface area (Å²) >= 11 is 1.73. The minimum atomic E-state index is 0.101. The van der Waals surface area contributed by atoms with Crippen molar-refractivity contribution < 1.29 is 4.74 Å². The van der Waals surface area contributed by atoms with Gasteiger partial charge in [0.25, 0.3) is 0 Å². The maximum atomic E-state index is 6.05. The van der Waals surface area contributed by atoms with Gasteiger partial charge in [0.1, 0.15) is 11.5 Å². The van der Waals surface area contributed by atoms with Crippen LogP contribution in [0.2, 0.25) is 0 Å². The largest absolute Gasteiger partial charge is 0.472 e.